The van der Waals surface area contributed by atoms with E-state index in [1.165, 1.54) is 11.8 Å². The number of benzene rings is 3. The molecule has 0 spiro atoms. The molecule has 0 radical (unpaired) electrons. The van der Waals surface area contributed by atoms with E-state index >= 15 is 0 Å². The van der Waals surface area contributed by atoms with Crippen molar-refractivity contribution < 1.29 is 18.7 Å². The van der Waals surface area contributed by atoms with E-state index in [4.69, 9.17) is 13.9 Å². The second-order valence-electron chi connectivity index (χ2n) is 7.90. The summed E-state index contributed by atoms with van der Waals surface area (Å²) in [7, 11) is 3.16. The molecule has 0 fully saturated rings. The Morgan fingerprint density at radius 3 is 1.94 bits per heavy atom. The molecule has 35 heavy (non-hydrogen) atoms. The zero-order valence-electron chi connectivity index (χ0n) is 19.9. The highest BCUT2D eigenvalue weighted by molar-refractivity contribution is 8.00. The summed E-state index contributed by atoms with van der Waals surface area (Å²) >= 11 is 1.24. The van der Waals surface area contributed by atoms with Crippen molar-refractivity contribution >= 4 is 17.7 Å². The minimum atomic E-state index is -0.421. The van der Waals surface area contributed by atoms with Gasteiger partial charge in [-0.3, -0.25) is 4.79 Å². The van der Waals surface area contributed by atoms with Gasteiger partial charge in [-0.25, -0.2) is 0 Å². The fourth-order valence-electron chi connectivity index (χ4n) is 3.58. The average molecular weight is 490 g/mol. The van der Waals surface area contributed by atoms with Gasteiger partial charge in [0.25, 0.3) is 5.22 Å². The molecule has 3 aromatic carbocycles. The highest BCUT2D eigenvalue weighted by Gasteiger charge is 2.24. The fourth-order valence-corrected chi connectivity index (χ4v) is 4.35. The van der Waals surface area contributed by atoms with E-state index in [9.17, 15) is 4.79 Å². The SMILES string of the molecule is COc1cc(OC)cc(-c2nnc(SC(C)C(=O)N(Cc3ccccc3)Cc3ccccc3)o2)c1. The minimum Gasteiger partial charge on any atom is -0.497 e. The van der Waals surface area contributed by atoms with Crippen LogP contribution < -0.4 is 9.47 Å². The van der Waals surface area contributed by atoms with E-state index in [0.717, 1.165) is 11.1 Å². The molecule has 4 aromatic rings. The van der Waals surface area contributed by atoms with Crippen LogP contribution in [0.4, 0.5) is 0 Å². The predicted molar refractivity (Wildman–Crippen MR) is 135 cm³/mol. The smallest absolute Gasteiger partial charge is 0.277 e. The van der Waals surface area contributed by atoms with E-state index in [1.807, 2.05) is 72.5 Å². The lowest BCUT2D eigenvalue weighted by atomic mass is 10.1. The van der Waals surface area contributed by atoms with Crippen LogP contribution in [0.2, 0.25) is 0 Å². The molecule has 0 aliphatic carbocycles. The van der Waals surface area contributed by atoms with Gasteiger partial charge < -0.3 is 18.8 Å². The van der Waals surface area contributed by atoms with Crippen molar-refractivity contribution in [1.29, 1.82) is 0 Å². The molecule has 0 aliphatic rings. The van der Waals surface area contributed by atoms with Crippen LogP contribution in [0.5, 0.6) is 11.5 Å². The molecule has 0 bridgehead atoms. The molecule has 0 aliphatic heterocycles. The number of amides is 1. The van der Waals surface area contributed by atoms with Crippen LogP contribution in [0.25, 0.3) is 11.5 Å². The predicted octanol–water partition coefficient (Wildman–Crippen LogP) is 5.46. The van der Waals surface area contributed by atoms with Gasteiger partial charge in [-0.05, 0) is 30.2 Å². The summed E-state index contributed by atoms with van der Waals surface area (Å²) in [5.41, 5.74) is 2.82. The minimum absolute atomic E-state index is 0.00879. The molecule has 8 heteroatoms. The molecular weight excluding hydrogens is 462 g/mol. The molecule has 0 saturated carbocycles. The first-order valence-corrected chi connectivity index (χ1v) is 12.0. The second-order valence-corrected chi connectivity index (χ2v) is 9.19. The number of carbonyl (C=O) groups excluding carboxylic acids is 1. The van der Waals surface area contributed by atoms with E-state index < -0.39 is 5.25 Å². The molecule has 7 nitrogen and oxygen atoms in total. The van der Waals surface area contributed by atoms with Crippen molar-refractivity contribution in [2.24, 2.45) is 0 Å². The summed E-state index contributed by atoms with van der Waals surface area (Å²) in [6, 6.07) is 25.3. The van der Waals surface area contributed by atoms with Crippen molar-refractivity contribution in [2.45, 2.75) is 30.5 Å². The van der Waals surface area contributed by atoms with E-state index in [2.05, 4.69) is 10.2 Å². The van der Waals surface area contributed by atoms with Crippen LogP contribution in [0.3, 0.4) is 0 Å². The first-order valence-electron chi connectivity index (χ1n) is 11.2. The summed E-state index contributed by atoms with van der Waals surface area (Å²) in [6.07, 6.45) is 0. The quantitative estimate of drug-likeness (QED) is 0.274. The highest BCUT2D eigenvalue weighted by Crippen LogP contribution is 2.32. The number of thioether (sulfide) groups is 1. The lowest BCUT2D eigenvalue weighted by Crippen LogP contribution is -2.35. The molecule has 0 saturated heterocycles. The van der Waals surface area contributed by atoms with Crippen molar-refractivity contribution in [2.75, 3.05) is 14.2 Å². The van der Waals surface area contributed by atoms with Gasteiger partial charge in [0, 0.05) is 24.7 Å². The van der Waals surface area contributed by atoms with Crippen LogP contribution >= 0.6 is 11.8 Å². The average Bonchev–Trinajstić information content (AvgIpc) is 3.37. The van der Waals surface area contributed by atoms with Gasteiger partial charge in [-0.2, -0.15) is 0 Å². The van der Waals surface area contributed by atoms with Crippen molar-refractivity contribution in [3.8, 4) is 23.0 Å². The normalized spacial score (nSPS) is 11.6. The Labute approximate surface area is 209 Å². The summed E-state index contributed by atoms with van der Waals surface area (Å²) in [5.74, 6) is 1.56. The molecule has 1 heterocycles. The van der Waals surface area contributed by atoms with Crippen LogP contribution in [0, 0.1) is 0 Å². The zero-order valence-corrected chi connectivity index (χ0v) is 20.7. The number of hydrogen-bond acceptors (Lipinski definition) is 7. The Hall–Kier alpha value is -3.78. The summed E-state index contributed by atoms with van der Waals surface area (Å²) in [6.45, 7) is 2.88. The number of aromatic nitrogens is 2. The number of carbonyl (C=O) groups is 1. The third-order valence-electron chi connectivity index (χ3n) is 5.37. The number of ether oxygens (including phenoxy) is 2. The molecule has 1 unspecified atom stereocenters. The molecule has 4 rings (SSSR count). The fraction of sp³-hybridized carbons (Fsp3) is 0.222. The second kappa shape index (κ2) is 11.6. The van der Waals surface area contributed by atoms with E-state index in [-0.39, 0.29) is 5.91 Å². The van der Waals surface area contributed by atoms with Crippen molar-refractivity contribution in [1.82, 2.24) is 15.1 Å². The topological polar surface area (TPSA) is 77.7 Å². The number of methoxy groups -OCH3 is 2. The molecular formula is C27H27N3O4S. The first kappa shape index (κ1) is 24.3. The monoisotopic (exact) mass is 489 g/mol. The molecule has 1 amide bonds. The Balaban J connectivity index is 1.50. The van der Waals surface area contributed by atoms with Gasteiger partial charge in [-0.1, -0.05) is 72.4 Å². The molecule has 1 atom stereocenters. The van der Waals surface area contributed by atoms with Crippen LogP contribution in [-0.2, 0) is 17.9 Å². The van der Waals surface area contributed by atoms with Gasteiger partial charge in [0.15, 0.2) is 0 Å². The van der Waals surface area contributed by atoms with Gasteiger partial charge in [0.1, 0.15) is 11.5 Å². The highest BCUT2D eigenvalue weighted by atomic mass is 32.2. The number of rotatable bonds is 10. The Morgan fingerprint density at radius 1 is 0.886 bits per heavy atom. The van der Waals surface area contributed by atoms with E-state index in [0.29, 0.717) is 41.3 Å². The number of nitrogens with zero attached hydrogens (tertiary/aromatic N) is 3. The largest absolute Gasteiger partial charge is 0.497 e. The van der Waals surface area contributed by atoms with Gasteiger partial charge >= 0.3 is 0 Å². The summed E-state index contributed by atoms with van der Waals surface area (Å²) in [5, 5.41) is 8.20. The Kier molecular flexibility index (Phi) is 8.05. The van der Waals surface area contributed by atoms with Crippen LogP contribution in [-0.4, -0.2) is 40.5 Å². The lowest BCUT2D eigenvalue weighted by Gasteiger charge is -2.25. The maximum absolute atomic E-state index is 13.5. The zero-order chi connectivity index (χ0) is 24.6. The third kappa shape index (κ3) is 6.42. The van der Waals surface area contributed by atoms with Gasteiger partial charge in [0.05, 0.1) is 19.5 Å². The molecule has 1 aromatic heterocycles. The Morgan fingerprint density at radius 2 is 1.43 bits per heavy atom. The molecule has 0 N–H and O–H groups in total. The van der Waals surface area contributed by atoms with Crippen LogP contribution in [0.15, 0.2) is 88.5 Å². The van der Waals surface area contributed by atoms with Crippen LogP contribution in [0.1, 0.15) is 18.1 Å². The number of hydrogen-bond donors (Lipinski definition) is 0. The standard InChI is InChI=1S/C27H27N3O4S/c1-19(35-27-29-28-25(34-27)22-14-23(32-2)16-24(15-22)33-3)26(31)30(17-20-10-6-4-7-11-20)18-21-12-8-5-9-13-21/h4-16,19H,17-18H2,1-3H3. The van der Waals surface area contributed by atoms with E-state index in [1.54, 1.807) is 32.4 Å². The maximum atomic E-state index is 13.5. The van der Waals surface area contributed by atoms with Crippen molar-refractivity contribution in [3.05, 3.63) is 90.0 Å². The van der Waals surface area contributed by atoms with Gasteiger partial charge in [-0.15, -0.1) is 10.2 Å². The molecule has 180 valence electrons. The maximum Gasteiger partial charge on any atom is 0.277 e. The Bertz CT molecular complexity index is 1180. The first-order chi connectivity index (χ1) is 17.1. The summed E-state index contributed by atoms with van der Waals surface area (Å²) < 4.78 is 16.5. The summed E-state index contributed by atoms with van der Waals surface area (Å²) in [4.78, 5) is 15.3. The van der Waals surface area contributed by atoms with Crippen molar-refractivity contribution in [3.63, 3.8) is 0 Å². The lowest BCUT2D eigenvalue weighted by molar-refractivity contribution is -0.131. The van der Waals surface area contributed by atoms with Gasteiger partial charge in [0.2, 0.25) is 11.8 Å². The third-order valence-corrected chi connectivity index (χ3v) is 6.30.